The van der Waals surface area contributed by atoms with Crippen molar-refractivity contribution >= 4 is 11.3 Å². The van der Waals surface area contributed by atoms with E-state index in [-0.39, 0.29) is 11.5 Å². The minimum atomic E-state index is 0.198. The summed E-state index contributed by atoms with van der Waals surface area (Å²) >= 11 is 1.87. The lowest BCUT2D eigenvalue weighted by Gasteiger charge is -2.25. The van der Waals surface area contributed by atoms with Crippen molar-refractivity contribution in [2.75, 3.05) is 13.6 Å². The molecule has 1 unspecified atom stereocenters. The molecule has 0 aromatic carbocycles. The SMILES string of the molecule is CN(Cc1cnn(C)c1)C(CN)c1ccc(C(C)(C)C)s1. The zero-order valence-corrected chi connectivity index (χ0v) is 14.4. The third-order valence-electron chi connectivity index (χ3n) is 3.64. The Labute approximate surface area is 131 Å². The zero-order chi connectivity index (χ0) is 15.6. The highest BCUT2D eigenvalue weighted by Crippen LogP contribution is 2.34. The molecule has 0 aliphatic heterocycles. The molecule has 0 fully saturated rings. The Morgan fingerprint density at radius 3 is 2.57 bits per heavy atom. The van der Waals surface area contributed by atoms with Gasteiger partial charge in [0.2, 0.25) is 0 Å². The first kappa shape index (κ1) is 16.2. The quantitative estimate of drug-likeness (QED) is 0.924. The molecule has 4 nitrogen and oxygen atoms in total. The summed E-state index contributed by atoms with van der Waals surface area (Å²) in [6.07, 6.45) is 3.97. The van der Waals surface area contributed by atoms with Crippen molar-refractivity contribution in [2.24, 2.45) is 12.8 Å². The Bertz CT molecular complexity index is 579. The highest BCUT2D eigenvalue weighted by Gasteiger charge is 2.22. The summed E-state index contributed by atoms with van der Waals surface area (Å²) in [4.78, 5) is 5.05. The number of aryl methyl sites for hydroxylation is 1. The molecule has 2 aromatic rings. The number of hydrogen-bond acceptors (Lipinski definition) is 4. The molecular formula is C16H26N4S. The topological polar surface area (TPSA) is 47.1 Å². The first-order valence-corrected chi connectivity index (χ1v) is 8.11. The lowest BCUT2D eigenvalue weighted by molar-refractivity contribution is 0.245. The van der Waals surface area contributed by atoms with E-state index in [0.717, 1.165) is 6.54 Å². The molecule has 2 aromatic heterocycles. The zero-order valence-electron chi connectivity index (χ0n) is 13.6. The molecule has 0 saturated carbocycles. The van der Waals surface area contributed by atoms with Crippen LogP contribution in [0.1, 0.15) is 42.1 Å². The van der Waals surface area contributed by atoms with Crippen LogP contribution < -0.4 is 5.73 Å². The normalized spacial score (nSPS) is 13.9. The van der Waals surface area contributed by atoms with E-state index in [9.17, 15) is 0 Å². The van der Waals surface area contributed by atoms with E-state index in [0.29, 0.717) is 6.54 Å². The van der Waals surface area contributed by atoms with E-state index in [1.165, 1.54) is 15.3 Å². The van der Waals surface area contributed by atoms with Crippen LogP contribution in [0.2, 0.25) is 0 Å². The van der Waals surface area contributed by atoms with Gasteiger partial charge < -0.3 is 5.73 Å². The number of aromatic nitrogens is 2. The molecule has 2 N–H and O–H groups in total. The monoisotopic (exact) mass is 306 g/mol. The predicted molar refractivity (Wildman–Crippen MR) is 89.5 cm³/mol. The van der Waals surface area contributed by atoms with Crippen LogP contribution >= 0.6 is 11.3 Å². The second kappa shape index (κ2) is 6.30. The summed E-state index contributed by atoms with van der Waals surface area (Å²) in [6, 6.07) is 4.72. The molecule has 0 aliphatic carbocycles. The van der Waals surface area contributed by atoms with Gasteiger partial charge in [-0.1, -0.05) is 20.8 Å². The molecule has 5 heteroatoms. The van der Waals surface area contributed by atoms with Crippen molar-refractivity contribution in [1.82, 2.24) is 14.7 Å². The average molecular weight is 306 g/mol. The fourth-order valence-electron chi connectivity index (χ4n) is 2.40. The maximum Gasteiger partial charge on any atom is 0.0564 e. The Morgan fingerprint density at radius 2 is 2.10 bits per heavy atom. The number of hydrogen-bond donors (Lipinski definition) is 1. The summed E-state index contributed by atoms with van der Waals surface area (Å²) in [5.41, 5.74) is 7.44. The minimum Gasteiger partial charge on any atom is -0.329 e. The molecule has 0 amide bonds. The van der Waals surface area contributed by atoms with Gasteiger partial charge in [-0.25, -0.2) is 0 Å². The van der Waals surface area contributed by atoms with E-state index in [2.05, 4.69) is 56.1 Å². The van der Waals surface area contributed by atoms with Gasteiger partial charge >= 0.3 is 0 Å². The number of rotatable bonds is 5. The molecule has 116 valence electrons. The average Bonchev–Trinajstić information content (AvgIpc) is 2.99. The van der Waals surface area contributed by atoms with E-state index in [1.807, 2.05) is 29.3 Å². The molecule has 2 rings (SSSR count). The first-order valence-electron chi connectivity index (χ1n) is 7.29. The maximum absolute atomic E-state index is 6.03. The lowest BCUT2D eigenvalue weighted by atomic mass is 9.95. The number of likely N-dealkylation sites (N-methyl/N-ethyl adjacent to an activating group) is 1. The number of nitrogens with zero attached hydrogens (tertiary/aromatic N) is 3. The molecule has 0 spiro atoms. The van der Waals surface area contributed by atoms with Crippen molar-refractivity contribution in [3.63, 3.8) is 0 Å². The third-order valence-corrected chi connectivity index (χ3v) is 5.25. The number of nitrogens with two attached hydrogens (primary N) is 1. The molecule has 0 saturated heterocycles. The molecule has 1 atom stereocenters. The second-order valence-electron chi connectivity index (χ2n) is 6.64. The van der Waals surface area contributed by atoms with Crippen molar-refractivity contribution in [1.29, 1.82) is 0 Å². The van der Waals surface area contributed by atoms with Gasteiger partial charge in [-0.2, -0.15) is 5.10 Å². The fourth-order valence-corrected chi connectivity index (χ4v) is 3.64. The molecular weight excluding hydrogens is 280 g/mol. The summed E-state index contributed by atoms with van der Waals surface area (Å²) in [5.74, 6) is 0. The van der Waals surface area contributed by atoms with Crippen molar-refractivity contribution in [2.45, 2.75) is 38.8 Å². The summed E-state index contributed by atoms with van der Waals surface area (Å²) in [6.45, 7) is 8.23. The van der Waals surface area contributed by atoms with Gasteiger partial charge in [0.15, 0.2) is 0 Å². The van der Waals surface area contributed by atoms with Gasteiger partial charge in [-0.3, -0.25) is 9.58 Å². The van der Waals surface area contributed by atoms with E-state index < -0.39 is 0 Å². The fraction of sp³-hybridized carbons (Fsp3) is 0.562. The van der Waals surface area contributed by atoms with Gasteiger partial charge in [0.25, 0.3) is 0 Å². The van der Waals surface area contributed by atoms with E-state index in [1.54, 1.807) is 0 Å². The molecule has 21 heavy (non-hydrogen) atoms. The van der Waals surface area contributed by atoms with Crippen LogP contribution in [0.25, 0.3) is 0 Å². The van der Waals surface area contributed by atoms with Crippen LogP contribution in [0.3, 0.4) is 0 Å². The van der Waals surface area contributed by atoms with Gasteiger partial charge in [0.1, 0.15) is 0 Å². The van der Waals surface area contributed by atoms with Crippen LogP contribution in [-0.2, 0) is 19.0 Å². The van der Waals surface area contributed by atoms with Crippen molar-refractivity contribution < 1.29 is 0 Å². The summed E-state index contributed by atoms with van der Waals surface area (Å²) < 4.78 is 1.84. The standard InChI is InChI=1S/C16H26N4S/c1-16(2,3)15-7-6-14(21-15)13(8-17)19(4)10-12-9-18-20(5)11-12/h6-7,9,11,13H,8,10,17H2,1-5H3. The van der Waals surface area contributed by atoms with Crippen molar-refractivity contribution in [3.8, 4) is 0 Å². The molecule has 0 aliphatic rings. The summed E-state index contributed by atoms with van der Waals surface area (Å²) in [7, 11) is 4.07. The lowest BCUT2D eigenvalue weighted by Crippen LogP contribution is -2.29. The molecule has 0 radical (unpaired) electrons. The Kier molecular flexibility index (Phi) is 4.86. The summed E-state index contributed by atoms with van der Waals surface area (Å²) in [5, 5.41) is 4.23. The molecule has 0 bridgehead atoms. The van der Waals surface area contributed by atoms with Gasteiger partial charge in [0, 0.05) is 41.7 Å². The van der Waals surface area contributed by atoms with E-state index >= 15 is 0 Å². The van der Waals surface area contributed by atoms with Gasteiger partial charge in [0.05, 0.1) is 12.2 Å². The Balaban J connectivity index is 2.13. The van der Waals surface area contributed by atoms with Gasteiger partial charge in [-0.05, 0) is 24.6 Å². The second-order valence-corrected chi connectivity index (χ2v) is 7.76. The Morgan fingerprint density at radius 1 is 1.38 bits per heavy atom. The van der Waals surface area contributed by atoms with E-state index in [4.69, 9.17) is 5.73 Å². The van der Waals surface area contributed by atoms with Crippen LogP contribution in [0, 0.1) is 0 Å². The maximum atomic E-state index is 6.03. The van der Waals surface area contributed by atoms with Crippen LogP contribution in [-0.4, -0.2) is 28.3 Å². The highest BCUT2D eigenvalue weighted by atomic mass is 32.1. The smallest absolute Gasteiger partial charge is 0.0564 e. The van der Waals surface area contributed by atoms with Crippen molar-refractivity contribution in [3.05, 3.63) is 39.8 Å². The molecule has 2 heterocycles. The highest BCUT2D eigenvalue weighted by molar-refractivity contribution is 7.12. The van der Waals surface area contributed by atoms with Crippen LogP contribution in [0.5, 0.6) is 0 Å². The first-order chi connectivity index (χ1) is 9.81. The third kappa shape index (κ3) is 3.93. The van der Waals surface area contributed by atoms with Crippen LogP contribution in [0.4, 0.5) is 0 Å². The number of thiophene rings is 1. The Hall–Kier alpha value is -1.17. The largest absolute Gasteiger partial charge is 0.329 e. The predicted octanol–water partition coefficient (Wildman–Crippen LogP) is 2.91. The van der Waals surface area contributed by atoms with Gasteiger partial charge in [-0.15, -0.1) is 11.3 Å². The van der Waals surface area contributed by atoms with Crippen LogP contribution in [0.15, 0.2) is 24.5 Å². The minimum absolute atomic E-state index is 0.198.